The molecule has 0 radical (unpaired) electrons. The molecule has 2 N–H and O–H groups in total. The van der Waals surface area contributed by atoms with Gasteiger partial charge in [0.1, 0.15) is 0 Å². The number of nitrogens with zero attached hydrogens (tertiary/aromatic N) is 1. The maximum Gasteiger partial charge on any atom is 0.243 e. The van der Waals surface area contributed by atoms with Gasteiger partial charge >= 0.3 is 0 Å². The molecule has 1 aromatic heterocycles. The molecule has 1 amide bonds. The number of amides is 1. The van der Waals surface area contributed by atoms with E-state index >= 15 is 0 Å². The van der Waals surface area contributed by atoms with E-state index < -0.39 is 0 Å². The van der Waals surface area contributed by atoms with E-state index in [1.165, 1.54) is 11.6 Å². The third-order valence-corrected chi connectivity index (χ3v) is 2.74. The largest absolute Gasteiger partial charge is 0.353 e. The molecule has 1 aromatic carbocycles. The maximum atomic E-state index is 11.2. The van der Waals surface area contributed by atoms with Crippen molar-refractivity contribution in [1.29, 1.82) is 0 Å². The van der Waals surface area contributed by atoms with Gasteiger partial charge in [0.15, 0.2) is 0 Å². The Hall–Kier alpha value is -2.10. The molecule has 94 valence electrons. The summed E-state index contributed by atoms with van der Waals surface area (Å²) in [6.45, 7) is 2.53. The number of H-pyrrole nitrogens is 1. The topological polar surface area (TPSA) is 57.8 Å². The predicted molar refractivity (Wildman–Crippen MR) is 72.2 cm³/mol. The van der Waals surface area contributed by atoms with E-state index in [0.29, 0.717) is 6.54 Å². The SMILES string of the molecule is C/C=C/C(=O)NCCCc1ccc2nc[nH]c2c1. The van der Waals surface area contributed by atoms with Crippen molar-refractivity contribution in [1.82, 2.24) is 15.3 Å². The average Bonchev–Trinajstić information content (AvgIpc) is 2.82. The number of benzene rings is 1. The highest BCUT2D eigenvalue weighted by atomic mass is 16.1. The Balaban J connectivity index is 1.81. The lowest BCUT2D eigenvalue weighted by molar-refractivity contribution is -0.116. The molecule has 2 rings (SSSR count). The van der Waals surface area contributed by atoms with Crippen LogP contribution in [0.5, 0.6) is 0 Å². The first-order valence-corrected chi connectivity index (χ1v) is 6.12. The minimum Gasteiger partial charge on any atom is -0.353 e. The molecule has 0 unspecified atom stereocenters. The normalized spacial score (nSPS) is 11.2. The molecule has 2 aromatic rings. The molecule has 0 spiro atoms. The molecule has 4 nitrogen and oxygen atoms in total. The molecule has 0 atom stereocenters. The molecular weight excluding hydrogens is 226 g/mol. The molecule has 0 saturated carbocycles. The smallest absolute Gasteiger partial charge is 0.243 e. The summed E-state index contributed by atoms with van der Waals surface area (Å²) in [6, 6.07) is 6.20. The summed E-state index contributed by atoms with van der Waals surface area (Å²) in [5, 5.41) is 2.84. The molecule has 0 aliphatic carbocycles. The van der Waals surface area contributed by atoms with Crippen molar-refractivity contribution in [2.75, 3.05) is 6.54 Å². The minimum atomic E-state index is -0.0264. The van der Waals surface area contributed by atoms with Crippen molar-refractivity contribution in [3.8, 4) is 0 Å². The lowest BCUT2D eigenvalue weighted by atomic mass is 10.1. The van der Waals surface area contributed by atoms with Crippen LogP contribution in [0.1, 0.15) is 18.9 Å². The molecule has 0 saturated heterocycles. The van der Waals surface area contributed by atoms with Crippen LogP contribution in [0.25, 0.3) is 11.0 Å². The first-order valence-electron chi connectivity index (χ1n) is 6.12. The maximum absolute atomic E-state index is 11.2. The first-order chi connectivity index (χ1) is 8.79. The Morgan fingerprint density at radius 2 is 2.39 bits per heavy atom. The van der Waals surface area contributed by atoms with E-state index in [-0.39, 0.29) is 5.91 Å². The lowest BCUT2D eigenvalue weighted by Gasteiger charge is -2.03. The van der Waals surface area contributed by atoms with Gasteiger partial charge in [-0.3, -0.25) is 4.79 Å². The number of fused-ring (bicyclic) bond motifs is 1. The van der Waals surface area contributed by atoms with Crippen molar-refractivity contribution < 1.29 is 4.79 Å². The number of nitrogens with one attached hydrogen (secondary N) is 2. The predicted octanol–water partition coefficient (Wildman–Crippen LogP) is 2.19. The van der Waals surface area contributed by atoms with Crippen LogP contribution in [0.2, 0.25) is 0 Å². The second-order valence-electron chi connectivity index (χ2n) is 4.15. The highest BCUT2D eigenvalue weighted by Crippen LogP contribution is 2.12. The van der Waals surface area contributed by atoms with E-state index in [2.05, 4.69) is 27.4 Å². The van der Waals surface area contributed by atoms with Gasteiger partial charge in [-0.05, 0) is 43.5 Å². The lowest BCUT2D eigenvalue weighted by Crippen LogP contribution is -2.22. The molecule has 18 heavy (non-hydrogen) atoms. The Morgan fingerprint density at radius 1 is 1.50 bits per heavy atom. The molecule has 4 heteroatoms. The van der Waals surface area contributed by atoms with Crippen LogP contribution in [0.4, 0.5) is 0 Å². The van der Waals surface area contributed by atoms with Gasteiger partial charge in [-0.25, -0.2) is 4.98 Å². The standard InChI is InChI=1S/C14H17N3O/c1-2-4-14(18)15-8-3-5-11-6-7-12-13(9-11)17-10-16-12/h2,4,6-7,9-10H,3,5,8H2,1H3,(H,15,18)(H,16,17)/b4-2+. The summed E-state index contributed by atoms with van der Waals surface area (Å²) < 4.78 is 0. The zero-order valence-corrected chi connectivity index (χ0v) is 10.4. The Labute approximate surface area is 106 Å². The van der Waals surface area contributed by atoms with Gasteiger partial charge < -0.3 is 10.3 Å². The number of carbonyl (C=O) groups is 1. The summed E-state index contributed by atoms with van der Waals surface area (Å²) in [5.41, 5.74) is 3.30. The van der Waals surface area contributed by atoms with Crippen LogP contribution in [0.3, 0.4) is 0 Å². The van der Waals surface area contributed by atoms with Crippen molar-refractivity contribution >= 4 is 16.9 Å². The third-order valence-electron chi connectivity index (χ3n) is 2.74. The summed E-state index contributed by atoms with van der Waals surface area (Å²) >= 11 is 0. The van der Waals surface area contributed by atoms with Crippen LogP contribution in [0.15, 0.2) is 36.7 Å². The van der Waals surface area contributed by atoms with E-state index in [4.69, 9.17) is 0 Å². The van der Waals surface area contributed by atoms with Crippen molar-refractivity contribution in [3.63, 3.8) is 0 Å². The van der Waals surface area contributed by atoms with Gasteiger partial charge in [-0.1, -0.05) is 12.1 Å². The monoisotopic (exact) mass is 243 g/mol. The molecule has 0 bridgehead atoms. The number of hydrogen-bond donors (Lipinski definition) is 2. The van der Waals surface area contributed by atoms with E-state index in [0.717, 1.165) is 23.9 Å². The van der Waals surface area contributed by atoms with Crippen molar-refractivity contribution in [2.45, 2.75) is 19.8 Å². The number of aryl methyl sites for hydroxylation is 1. The van der Waals surface area contributed by atoms with Gasteiger partial charge in [-0.15, -0.1) is 0 Å². The number of imidazole rings is 1. The quantitative estimate of drug-likeness (QED) is 0.624. The number of hydrogen-bond acceptors (Lipinski definition) is 2. The Kier molecular flexibility index (Phi) is 4.12. The highest BCUT2D eigenvalue weighted by molar-refractivity contribution is 5.87. The molecule has 0 fully saturated rings. The highest BCUT2D eigenvalue weighted by Gasteiger charge is 1.99. The van der Waals surface area contributed by atoms with Crippen LogP contribution >= 0.6 is 0 Å². The zero-order valence-electron chi connectivity index (χ0n) is 10.4. The fraction of sp³-hybridized carbons (Fsp3) is 0.286. The van der Waals surface area contributed by atoms with Gasteiger partial charge in [0.05, 0.1) is 17.4 Å². The van der Waals surface area contributed by atoms with E-state index in [9.17, 15) is 4.79 Å². The van der Waals surface area contributed by atoms with E-state index in [1.807, 2.05) is 13.0 Å². The average molecular weight is 243 g/mol. The fourth-order valence-corrected chi connectivity index (χ4v) is 1.85. The van der Waals surface area contributed by atoms with Gasteiger partial charge in [0.2, 0.25) is 5.91 Å². The van der Waals surface area contributed by atoms with Crippen LogP contribution in [-0.4, -0.2) is 22.4 Å². The van der Waals surface area contributed by atoms with E-state index in [1.54, 1.807) is 12.4 Å². The molecule has 1 heterocycles. The third kappa shape index (κ3) is 3.20. The zero-order chi connectivity index (χ0) is 12.8. The molecule has 0 aliphatic heterocycles. The van der Waals surface area contributed by atoms with Crippen molar-refractivity contribution in [3.05, 3.63) is 42.2 Å². The Bertz CT molecular complexity index is 557. The van der Waals surface area contributed by atoms with Gasteiger partial charge in [-0.2, -0.15) is 0 Å². The second kappa shape index (κ2) is 6.00. The first kappa shape index (κ1) is 12.4. The summed E-state index contributed by atoms with van der Waals surface area (Å²) in [5.74, 6) is -0.0264. The summed E-state index contributed by atoms with van der Waals surface area (Å²) in [4.78, 5) is 18.5. The number of allylic oxidation sites excluding steroid dienone is 1. The number of aromatic amines is 1. The second-order valence-corrected chi connectivity index (χ2v) is 4.15. The molecule has 0 aliphatic rings. The summed E-state index contributed by atoms with van der Waals surface area (Å²) in [7, 11) is 0. The van der Waals surface area contributed by atoms with Crippen molar-refractivity contribution in [2.24, 2.45) is 0 Å². The number of carbonyl (C=O) groups excluding carboxylic acids is 1. The van der Waals surface area contributed by atoms with Crippen LogP contribution in [0, 0.1) is 0 Å². The minimum absolute atomic E-state index is 0.0264. The number of rotatable bonds is 5. The number of aromatic nitrogens is 2. The Morgan fingerprint density at radius 3 is 3.22 bits per heavy atom. The fourth-order valence-electron chi connectivity index (χ4n) is 1.85. The van der Waals surface area contributed by atoms with Gasteiger partial charge in [0.25, 0.3) is 0 Å². The van der Waals surface area contributed by atoms with Gasteiger partial charge in [0, 0.05) is 6.54 Å². The van der Waals surface area contributed by atoms with Crippen LogP contribution < -0.4 is 5.32 Å². The van der Waals surface area contributed by atoms with Crippen LogP contribution in [-0.2, 0) is 11.2 Å². The summed E-state index contributed by atoms with van der Waals surface area (Å²) in [6.07, 6.45) is 6.86. The molecular formula is C14H17N3O.